The van der Waals surface area contributed by atoms with Gasteiger partial charge < -0.3 is 4.74 Å². The van der Waals surface area contributed by atoms with Gasteiger partial charge in [0.05, 0.1) is 6.61 Å². The van der Waals surface area contributed by atoms with Crippen LogP contribution in [0.2, 0.25) is 0 Å². The Morgan fingerprint density at radius 1 is 1.40 bits per heavy atom. The Morgan fingerprint density at radius 2 is 2.07 bits per heavy atom. The molecule has 0 aromatic heterocycles. The molecule has 1 nitrogen and oxygen atoms in total. The van der Waals surface area contributed by atoms with E-state index in [2.05, 4.69) is 6.92 Å². The minimum absolute atomic E-state index is 0.0141. The summed E-state index contributed by atoms with van der Waals surface area (Å²) in [6.07, 6.45) is 2.49. The third-order valence-electron chi connectivity index (χ3n) is 3.44. The fraction of sp³-hybridized carbons (Fsp3) is 1.00. The zero-order valence-electron chi connectivity index (χ0n) is 9.98. The molecule has 1 fully saturated rings. The molecular formula is C12H22F2O. The number of halogens is 2. The first-order valence-corrected chi connectivity index (χ1v) is 5.81. The molecule has 0 amide bonds. The van der Waals surface area contributed by atoms with Crippen molar-refractivity contribution < 1.29 is 13.5 Å². The first kappa shape index (κ1) is 12.9. The van der Waals surface area contributed by atoms with Crippen molar-refractivity contribution in [2.45, 2.75) is 52.4 Å². The van der Waals surface area contributed by atoms with Crippen molar-refractivity contribution in [1.29, 1.82) is 0 Å². The van der Waals surface area contributed by atoms with Gasteiger partial charge in [-0.15, -0.1) is 0 Å². The van der Waals surface area contributed by atoms with Crippen LogP contribution in [0.5, 0.6) is 0 Å². The normalized spacial score (nSPS) is 27.6. The van der Waals surface area contributed by atoms with Crippen molar-refractivity contribution >= 4 is 0 Å². The van der Waals surface area contributed by atoms with Crippen LogP contribution in [-0.2, 0) is 4.74 Å². The molecular weight excluding hydrogens is 198 g/mol. The molecule has 1 aliphatic rings. The molecule has 0 aliphatic carbocycles. The quantitative estimate of drug-likeness (QED) is 0.683. The van der Waals surface area contributed by atoms with Crippen LogP contribution in [0.25, 0.3) is 0 Å². The van der Waals surface area contributed by atoms with Crippen LogP contribution in [0.1, 0.15) is 46.5 Å². The highest BCUT2D eigenvalue weighted by atomic mass is 19.3. The van der Waals surface area contributed by atoms with Gasteiger partial charge in [0.25, 0.3) is 0 Å². The lowest BCUT2D eigenvalue weighted by molar-refractivity contribution is -0.0558. The monoisotopic (exact) mass is 220 g/mol. The Bertz CT molecular complexity index is 191. The van der Waals surface area contributed by atoms with Gasteiger partial charge in [-0.2, -0.15) is 0 Å². The van der Waals surface area contributed by atoms with E-state index in [-0.39, 0.29) is 11.8 Å². The standard InChI is InChI=1S/C12H22F2O/c1-10(2)12(13,14)6-4-5-11(3)7-8-15-9-11/h10H,4-9H2,1-3H3. The zero-order valence-corrected chi connectivity index (χ0v) is 9.98. The van der Waals surface area contributed by atoms with Crippen LogP contribution < -0.4 is 0 Å². The summed E-state index contributed by atoms with van der Waals surface area (Å²) in [5, 5.41) is 0. The highest BCUT2D eigenvalue weighted by molar-refractivity contribution is 4.80. The number of alkyl halides is 2. The second-order valence-electron chi connectivity index (χ2n) is 5.38. The van der Waals surface area contributed by atoms with E-state index < -0.39 is 11.8 Å². The van der Waals surface area contributed by atoms with Gasteiger partial charge in [0.1, 0.15) is 0 Å². The zero-order chi connectivity index (χ0) is 11.5. The van der Waals surface area contributed by atoms with Gasteiger partial charge >= 0.3 is 0 Å². The summed E-state index contributed by atoms with van der Waals surface area (Å²) in [6.45, 7) is 6.83. The molecule has 1 unspecified atom stereocenters. The number of hydrogen-bond donors (Lipinski definition) is 0. The maximum Gasteiger partial charge on any atom is 0.250 e. The van der Waals surface area contributed by atoms with Crippen molar-refractivity contribution in [3.8, 4) is 0 Å². The van der Waals surface area contributed by atoms with Gasteiger partial charge in [-0.05, 0) is 24.7 Å². The van der Waals surface area contributed by atoms with Crippen LogP contribution in [0.15, 0.2) is 0 Å². The largest absolute Gasteiger partial charge is 0.381 e. The SMILES string of the molecule is CC(C)C(F)(F)CCCC1(C)CCOC1. The third-order valence-corrected chi connectivity index (χ3v) is 3.44. The van der Waals surface area contributed by atoms with E-state index in [1.807, 2.05) is 0 Å². The molecule has 90 valence electrons. The van der Waals surface area contributed by atoms with E-state index in [1.165, 1.54) is 0 Å². The van der Waals surface area contributed by atoms with E-state index in [1.54, 1.807) is 13.8 Å². The molecule has 1 atom stereocenters. The molecule has 0 N–H and O–H groups in total. The highest BCUT2D eigenvalue weighted by Crippen LogP contribution is 2.36. The minimum atomic E-state index is -2.50. The van der Waals surface area contributed by atoms with Crippen molar-refractivity contribution in [1.82, 2.24) is 0 Å². The fourth-order valence-electron chi connectivity index (χ4n) is 1.95. The van der Waals surface area contributed by atoms with Crippen LogP contribution in [0.3, 0.4) is 0 Å². The fourth-order valence-corrected chi connectivity index (χ4v) is 1.95. The molecule has 0 bridgehead atoms. The summed E-state index contributed by atoms with van der Waals surface area (Å²) in [5.41, 5.74) is 0.146. The van der Waals surface area contributed by atoms with Crippen molar-refractivity contribution in [3.63, 3.8) is 0 Å². The van der Waals surface area contributed by atoms with Crippen LogP contribution >= 0.6 is 0 Å². The summed E-state index contributed by atoms with van der Waals surface area (Å²) in [7, 11) is 0. The predicted octanol–water partition coefficient (Wildman–Crippen LogP) is 3.87. The first-order chi connectivity index (χ1) is 6.86. The Balaban J connectivity index is 2.26. The predicted molar refractivity (Wildman–Crippen MR) is 57.2 cm³/mol. The number of rotatable bonds is 5. The lowest BCUT2D eigenvalue weighted by Crippen LogP contribution is -2.25. The lowest BCUT2D eigenvalue weighted by atomic mass is 9.83. The smallest absolute Gasteiger partial charge is 0.250 e. The minimum Gasteiger partial charge on any atom is -0.381 e. The molecule has 0 aromatic carbocycles. The van der Waals surface area contributed by atoms with E-state index in [4.69, 9.17) is 4.74 Å². The Kier molecular flexibility index (Phi) is 4.10. The molecule has 1 aliphatic heterocycles. The number of ether oxygens (including phenoxy) is 1. The van der Waals surface area contributed by atoms with Gasteiger partial charge in [0.15, 0.2) is 0 Å². The summed E-state index contributed by atoms with van der Waals surface area (Å²) < 4.78 is 31.9. The third kappa shape index (κ3) is 3.71. The molecule has 0 aromatic rings. The van der Waals surface area contributed by atoms with Gasteiger partial charge in [-0.1, -0.05) is 20.8 Å². The molecule has 0 radical (unpaired) electrons. The van der Waals surface area contributed by atoms with Crippen molar-refractivity contribution in [2.75, 3.05) is 13.2 Å². The molecule has 3 heteroatoms. The van der Waals surface area contributed by atoms with E-state index in [9.17, 15) is 8.78 Å². The lowest BCUT2D eigenvalue weighted by Gasteiger charge is -2.24. The first-order valence-electron chi connectivity index (χ1n) is 5.81. The number of hydrogen-bond acceptors (Lipinski definition) is 1. The van der Waals surface area contributed by atoms with Crippen LogP contribution in [0.4, 0.5) is 8.78 Å². The molecule has 1 rings (SSSR count). The maximum atomic E-state index is 13.3. The van der Waals surface area contributed by atoms with Gasteiger partial charge in [-0.3, -0.25) is 0 Å². The Morgan fingerprint density at radius 3 is 2.53 bits per heavy atom. The van der Waals surface area contributed by atoms with E-state index in [0.29, 0.717) is 6.42 Å². The van der Waals surface area contributed by atoms with Gasteiger partial charge in [0.2, 0.25) is 5.92 Å². The topological polar surface area (TPSA) is 9.23 Å². The van der Waals surface area contributed by atoms with Crippen LogP contribution in [-0.4, -0.2) is 19.1 Å². The second-order valence-corrected chi connectivity index (χ2v) is 5.38. The maximum absolute atomic E-state index is 13.3. The Labute approximate surface area is 91.2 Å². The molecule has 0 spiro atoms. The molecule has 1 saturated heterocycles. The second kappa shape index (κ2) is 4.77. The molecule has 1 heterocycles. The van der Waals surface area contributed by atoms with Gasteiger partial charge in [-0.25, -0.2) is 8.78 Å². The van der Waals surface area contributed by atoms with Crippen LogP contribution in [0, 0.1) is 11.3 Å². The van der Waals surface area contributed by atoms with E-state index in [0.717, 1.165) is 26.1 Å². The molecule has 15 heavy (non-hydrogen) atoms. The van der Waals surface area contributed by atoms with Gasteiger partial charge in [0, 0.05) is 18.9 Å². The van der Waals surface area contributed by atoms with E-state index >= 15 is 0 Å². The average molecular weight is 220 g/mol. The van der Waals surface area contributed by atoms with Crippen molar-refractivity contribution in [3.05, 3.63) is 0 Å². The molecule has 0 saturated carbocycles. The summed E-state index contributed by atoms with van der Waals surface area (Å²) in [4.78, 5) is 0. The Hall–Kier alpha value is -0.180. The average Bonchev–Trinajstić information content (AvgIpc) is 2.51. The summed E-state index contributed by atoms with van der Waals surface area (Å²) >= 11 is 0. The highest BCUT2D eigenvalue weighted by Gasteiger charge is 2.35. The summed E-state index contributed by atoms with van der Waals surface area (Å²) in [6, 6.07) is 0. The van der Waals surface area contributed by atoms with Crippen molar-refractivity contribution in [2.24, 2.45) is 11.3 Å². The summed E-state index contributed by atoms with van der Waals surface area (Å²) in [5.74, 6) is -3.05.